The molecule has 45 heavy (non-hydrogen) atoms. The number of anilines is 1. The number of carbonyl (C=O) groups is 1. The van der Waals surface area contributed by atoms with Crippen LogP contribution in [0, 0.1) is 24.0 Å². The Kier molecular flexibility index (Phi) is 8.38. The lowest BCUT2D eigenvalue weighted by Crippen LogP contribution is -2.29. The lowest BCUT2D eigenvalue weighted by atomic mass is 9.96. The van der Waals surface area contributed by atoms with Crippen molar-refractivity contribution in [3.8, 4) is 5.69 Å². The van der Waals surface area contributed by atoms with Gasteiger partial charge in [-0.25, -0.2) is 4.79 Å². The van der Waals surface area contributed by atoms with E-state index >= 15 is 0 Å². The van der Waals surface area contributed by atoms with E-state index in [2.05, 4.69) is 32.8 Å². The van der Waals surface area contributed by atoms with E-state index in [0.717, 1.165) is 43.8 Å². The van der Waals surface area contributed by atoms with Crippen LogP contribution in [0.15, 0.2) is 113 Å². The van der Waals surface area contributed by atoms with Crippen molar-refractivity contribution in [2.75, 3.05) is 12.0 Å². The van der Waals surface area contributed by atoms with E-state index in [9.17, 15) is 14.9 Å². The summed E-state index contributed by atoms with van der Waals surface area (Å²) in [6.07, 6.45) is 1.78. The predicted octanol–water partition coefficient (Wildman–Crippen LogP) is 7.51. The highest BCUT2D eigenvalue weighted by molar-refractivity contribution is 7.99. The molecule has 6 rings (SSSR count). The summed E-state index contributed by atoms with van der Waals surface area (Å²) in [5.74, 6) is -0.388. The molecule has 0 aliphatic carbocycles. The summed E-state index contributed by atoms with van der Waals surface area (Å²) in [6.45, 7) is 4.12. The lowest BCUT2D eigenvalue weighted by molar-refractivity contribution is -0.384. The maximum Gasteiger partial charge on any atom is 0.337 e. The molecule has 2 aromatic heterocycles. The van der Waals surface area contributed by atoms with Gasteiger partial charge in [-0.15, -0.1) is 0 Å². The van der Waals surface area contributed by atoms with E-state index in [0.29, 0.717) is 10.7 Å². The van der Waals surface area contributed by atoms with Crippen molar-refractivity contribution in [2.24, 2.45) is 0 Å². The first-order valence-corrected chi connectivity index (χ1v) is 15.4. The number of aromatic nitrogens is 2. The molecule has 0 bridgehead atoms. The van der Waals surface area contributed by atoms with Crippen LogP contribution >= 0.6 is 24.0 Å². The number of rotatable bonds is 8. The van der Waals surface area contributed by atoms with Gasteiger partial charge in [-0.2, -0.15) is 0 Å². The van der Waals surface area contributed by atoms with Gasteiger partial charge in [0.05, 0.1) is 35.4 Å². The predicted molar refractivity (Wildman–Crippen MR) is 178 cm³/mol. The number of hydrogen-bond acceptors (Lipinski definition) is 7. The molecule has 1 fully saturated rings. The number of carbonyl (C=O) groups excluding carboxylic acids is 1. The van der Waals surface area contributed by atoms with Crippen molar-refractivity contribution in [3.63, 3.8) is 0 Å². The molecule has 0 spiro atoms. The van der Waals surface area contributed by atoms with Crippen LogP contribution < -0.4 is 10.2 Å². The van der Waals surface area contributed by atoms with Crippen molar-refractivity contribution in [1.82, 2.24) is 14.9 Å². The molecular formula is C34H29N5O4S2. The number of nitro benzene ring substituents is 1. The van der Waals surface area contributed by atoms with Crippen molar-refractivity contribution in [1.29, 1.82) is 0 Å². The number of thiocarbonyl (C=S) groups is 1. The molecule has 3 heterocycles. The standard InChI is InChI=1S/C34H29N5O4S2/c1-21-19-29(22(2)37(21)26-8-6-7-23(20-26)33(40)43-3)32-31(30-9-4-5-18-35-30)36-34(44)38(32)24-10-14-27(15-11-24)45-28-16-12-25(13-17-28)39(41)42/h4-20,31-32H,1-3H3,(H,36,44)/t31-,32-/m1/s1. The number of pyridine rings is 1. The maximum absolute atomic E-state index is 12.3. The Bertz CT molecular complexity index is 1890. The molecule has 0 saturated carbocycles. The molecular weight excluding hydrogens is 607 g/mol. The van der Waals surface area contributed by atoms with Crippen LogP contribution in [0.3, 0.4) is 0 Å². The van der Waals surface area contributed by atoms with E-state index < -0.39 is 4.92 Å². The molecule has 1 aliphatic rings. The highest BCUT2D eigenvalue weighted by atomic mass is 32.2. The third-order valence-electron chi connectivity index (χ3n) is 7.81. The first kappa shape index (κ1) is 30.0. The monoisotopic (exact) mass is 635 g/mol. The fourth-order valence-electron chi connectivity index (χ4n) is 5.77. The van der Waals surface area contributed by atoms with Crippen LogP contribution in [0.2, 0.25) is 0 Å². The summed E-state index contributed by atoms with van der Waals surface area (Å²) < 4.78 is 7.10. The van der Waals surface area contributed by atoms with Crippen molar-refractivity contribution >= 4 is 46.4 Å². The summed E-state index contributed by atoms with van der Waals surface area (Å²) in [4.78, 5) is 31.6. The zero-order valence-corrected chi connectivity index (χ0v) is 26.3. The molecule has 11 heteroatoms. The smallest absolute Gasteiger partial charge is 0.337 e. The molecule has 0 radical (unpaired) electrons. The number of hydrogen-bond donors (Lipinski definition) is 1. The number of nitrogens with one attached hydrogen (secondary N) is 1. The number of non-ortho nitro benzene ring substituents is 1. The Hall–Kier alpha value is -5.00. The Morgan fingerprint density at radius 1 is 0.956 bits per heavy atom. The maximum atomic E-state index is 12.3. The van der Waals surface area contributed by atoms with Crippen LogP contribution in [0.4, 0.5) is 11.4 Å². The number of nitrogens with zero attached hydrogens (tertiary/aromatic N) is 4. The number of ether oxygens (including phenoxy) is 1. The highest BCUT2D eigenvalue weighted by Crippen LogP contribution is 2.44. The van der Waals surface area contributed by atoms with Gasteiger partial charge in [0.1, 0.15) is 0 Å². The number of aryl methyl sites for hydroxylation is 1. The van der Waals surface area contributed by atoms with Gasteiger partial charge in [-0.3, -0.25) is 15.1 Å². The topological polar surface area (TPSA) is 103 Å². The number of nitro groups is 1. The Morgan fingerprint density at radius 3 is 2.31 bits per heavy atom. The second kappa shape index (κ2) is 12.5. The SMILES string of the molecule is COC(=O)c1cccc(-n2c(C)cc([C@@H]3[C@@H](c4ccccn4)NC(=S)N3c3ccc(Sc4ccc([N+](=O)[O-])cc4)cc3)c2C)c1. The fourth-order valence-corrected chi connectivity index (χ4v) is 6.93. The molecule has 226 valence electrons. The fraction of sp³-hybridized carbons (Fsp3) is 0.147. The summed E-state index contributed by atoms with van der Waals surface area (Å²) >= 11 is 7.48. The third kappa shape index (κ3) is 5.92. The average Bonchev–Trinajstić information content (AvgIpc) is 3.56. The van der Waals surface area contributed by atoms with Crippen LogP contribution in [0.1, 0.15) is 45.1 Å². The molecule has 1 saturated heterocycles. The summed E-state index contributed by atoms with van der Waals surface area (Å²) in [6, 6.07) is 29.6. The number of esters is 1. The van der Waals surface area contributed by atoms with E-state index in [1.165, 1.54) is 31.0 Å². The molecule has 1 N–H and O–H groups in total. The second-order valence-corrected chi connectivity index (χ2v) is 12.1. The summed E-state index contributed by atoms with van der Waals surface area (Å²) in [5.41, 5.74) is 6.29. The summed E-state index contributed by atoms with van der Waals surface area (Å²) in [7, 11) is 1.38. The van der Waals surface area contributed by atoms with Gasteiger partial charge in [-0.1, -0.05) is 23.9 Å². The van der Waals surface area contributed by atoms with Crippen LogP contribution in [0.25, 0.3) is 5.69 Å². The van der Waals surface area contributed by atoms with E-state index in [1.807, 2.05) is 67.6 Å². The zero-order chi connectivity index (χ0) is 31.7. The lowest BCUT2D eigenvalue weighted by Gasteiger charge is -2.28. The zero-order valence-electron chi connectivity index (χ0n) is 24.7. The van der Waals surface area contributed by atoms with E-state index in [-0.39, 0.29) is 23.7 Å². The van der Waals surface area contributed by atoms with E-state index in [4.69, 9.17) is 17.0 Å². The second-order valence-electron chi connectivity index (χ2n) is 10.5. The van der Waals surface area contributed by atoms with Gasteiger partial charge in [0.15, 0.2) is 5.11 Å². The number of benzene rings is 3. The molecule has 9 nitrogen and oxygen atoms in total. The van der Waals surface area contributed by atoms with Gasteiger partial charge in [0.25, 0.3) is 5.69 Å². The molecule has 3 aromatic carbocycles. The quantitative estimate of drug-likeness (QED) is 0.0803. The van der Waals surface area contributed by atoms with Crippen LogP contribution in [-0.4, -0.2) is 32.7 Å². The van der Waals surface area contributed by atoms with Gasteiger partial charge in [-0.05, 0) is 104 Å². The highest BCUT2D eigenvalue weighted by Gasteiger charge is 2.42. The minimum Gasteiger partial charge on any atom is -0.465 e. The normalized spacial score (nSPS) is 16.0. The van der Waals surface area contributed by atoms with Crippen LogP contribution in [0.5, 0.6) is 0 Å². The van der Waals surface area contributed by atoms with Gasteiger partial charge in [0.2, 0.25) is 0 Å². The Morgan fingerprint density at radius 2 is 1.67 bits per heavy atom. The van der Waals surface area contributed by atoms with E-state index in [1.54, 1.807) is 24.4 Å². The molecule has 5 aromatic rings. The van der Waals surface area contributed by atoms with Crippen molar-refractivity contribution < 1.29 is 14.5 Å². The molecule has 0 unspecified atom stereocenters. The minimum atomic E-state index is -0.401. The average molecular weight is 636 g/mol. The van der Waals surface area contributed by atoms with Crippen LogP contribution in [-0.2, 0) is 4.74 Å². The minimum absolute atomic E-state index is 0.0637. The number of methoxy groups -OCH3 is 1. The van der Waals surface area contributed by atoms with Gasteiger partial charge < -0.3 is 19.5 Å². The third-order valence-corrected chi connectivity index (χ3v) is 9.14. The molecule has 2 atom stereocenters. The Balaban J connectivity index is 1.38. The summed E-state index contributed by atoms with van der Waals surface area (Å²) in [5, 5.41) is 15.1. The molecule has 0 amide bonds. The first-order chi connectivity index (χ1) is 21.7. The van der Waals surface area contributed by atoms with Gasteiger partial charge >= 0.3 is 5.97 Å². The van der Waals surface area contributed by atoms with Crippen molar-refractivity contribution in [3.05, 3.63) is 142 Å². The van der Waals surface area contributed by atoms with Crippen molar-refractivity contribution in [2.45, 2.75) is 35.7 Å². The first-order valence-electron chi connectivity index (χ1n) is 14.2. The molecule has 1 aliphatic heterocycles. The van der Waals surface area contributed by atoms with Gasteiger partial charge in [0, 0.05) is 50.9 Å². The Labute approximate surface area is 270 Å². The largest absolute Gasteiger partial charge is 0.465 e.